The highest BCUT2D eigenvalue weighted by atomic mass is 16.4. The first-order valence-corrected chi connectivity index (χ1v) is 5.75. The first kappa shape index (κ1) is 11.4. The van der Waals surface area contributed by atoms with E-state index < -0.39 is 12.0 Å². The van der Waals surface area contributed by atoms with Gasteiger partial charge in [0.2, 0.25) is 5.91 Å². The summed E-state index contributed by atoms with van der Waals surface area (Å²) >= 11 is 0. The van der Waals surface area contributed by atoms with E-state index in [-0.39, 0.29) is 18.4 Å². The Hall–Kier alpha value is -1.10. The number of piperazine rings is 1. The smallest absolute Gasteiger partial charge is 0.305 e. The molecule has 2 aliphatic rings. The molecule has 0 aromatic heterocycles. The zero-order valence-electron chi connectivity index (χ0n) is 9.72. The van der Waals surface area contributed by atoms with Crippen LogP contribution in [0.4, 0.5) is 0 Å². The lowest BCUT2D eigenvalue weighted by Gasteiger charge is -2.42. The van der Waals surface area contributed by atoms with E-state index in [0.717, 1.165) is 19.4 Å². The summed E-state index contributed by atoms with van der Waals surface area (Å²) < 4.78 is 0. The molecule has 0 aromatic carbocycles. The van der Waals surface area contributed by atoms with Crippen LogP contribution in [0.25, 0.3) is 0 Å². The molecule has 5 nitrogen and oxygen atoms in total. The summed E-state index contributed by atoms with van der Waals surface area (Å²) in [5.74, 6) is -0.916. The van der Waals surface area contributed by atoms with Crippen molar-refractivity contribution in [2.75, 3.05) is 13.6 Å². The van der Waals surface area contributed by atoms with E-state index in [9.17, 15) is 9.59 Å². The highest BCUT2D eigenvalue weighted by Crippen LogP contribution is 2.31. The summed E-state index contributed by atoms with van der Waals surface area (Å²) in [6, 6.07) is 0.129. The summed E-state index contributed by atoms with van der Waals surface area (Å²) in [5.41, 5.74) is 0. The highest BCUT2D eigenvalue weighted by Gasteiger charge is 2.43. The van der Waals surface area contributed by atoms with Crippen molar-refractivity contribution in [2.24, 2.45) is 0 Å². The zero-order chi connectivity index (χ0) is 11.9. The van der Waals surface area contributed by atoms with Crippen molar-refractivity contribution in [3.63, 3.8) is 0 Å². The van der Waals surface area contributed by atoms with Crippen LogP contribution in [-0.2, 0) is 9.59 Å². The minimum atomic E-state index is -0.907. The van der Waals surface area contributed by atoms with Gasteiger partial charge in [0, 0.05) is 18.6 Å². The minimum absolute atomic E-state index is 0.00880. The first-order valence-electron chi connectivity index (χ1n) is 5.75. The van der Waals surface area contributed by atoms with Crippen molar-refractivity contribution in [2.45, 2.75) is 44.3 Å². The van der Waals surface area contributed by atoms with Crippen LogP contribution in [0.2, 0.25) is 0 Å². The number of carbonyl (C=O) groups is 2. The molecule has 2 atom stereocenters. The SMILES string of the molecule is CC1CN(C2CC2)C(=O)C(CC(=O)O)N1C. The number of likely N-dealkylation sites (N-methyl/N-ethyl adjacent to an activating group) is 1. The number of nitrogens with zero attached hydrogens (tertiary/aromatic N) is 2. The Bertz CT molecular complexity index is 314. The lowest BCUT2D eigenvalue weighted by atomic mass is 10.0. The average molecular weight is 226 g/mol. The second-order valence-corrected chi connectivity index (χ2v) is 4.85. The van der Waals surface area contributed by atoms with Crippen molar-refractivity contribution in [3.05, 3.63) is 0 Å². The molecule has 0 spiro atoms. The van der Waals surface area contributed by atoms with Gasteiger partial charge in [0.25, 0.3) is 0 Å². The summed E-state index contributed by atoms with van der Waals surface area (Å²) in [6.45, 7) is 2.77. The van der Waals surface area contributed by atoms with Crippen LogP contribution in [0, 0.1) is 0 Å². The minimum Gasteiger partial charge on any atom is -0.481 e. The van der Waals surface area contributed by atoms with Gasteiger partial charge >= 0.3 is 5.97 Å². The quantitative estimate of drug-likeness (QED) is 0.744. The summed E-state index contributed by atoms with van der Waals surface area (Å²) in [5, 5.41) is 8.83. The number of hydrogen-bond donors (Lipinski definition) is 1. The number of aliphatic carboxylic acids is 1. The largest absolute Gasteiger partial charge is 0.481 e. The molecule has 16 heavy (non-hydrogen) atoms. The summed E-state index contributed by atoms with van der Waals surface area (Å²) in [7, 11) is 1.83. The van der Waals surface area contributed by atoms with Gasteiger partial charge in [-0.25, -0.2) is 0 Å². The highest BCUT2D eigenvalue weighted by molar-refractivity contribution is 5.87. The number of carboxylic acid groups (broad SMARTS) is 1. The fraction of sp³-hybridized carbons (Fsp3) is 0.818. The van der Waals surface area contributed by atoms with E-state index in [0.29, 0.717) is 6.04 Å². The number of carboxylic acids is 1. The fourth-order valence-electron chi connectivity index (χ4n) is 2.29. The molecular formula is C11H18N2O3. The molecule has 1 saturated carbocycles. The molecule has 90 valence electrons. The third kappa shape index (κ3) is 2.04. The van der Waals surface area contributed by atoms with Crippen molar-refractivity contribution in [3.8, 4) is 0 Å². The maximum Gasteiger partial charge on any atom is 0.305 e. The van der Waals surface area contributed by atoms with Crippen LogP contribution in [0.3, 0.4) is 0 Å². The Balaban J connectivity index is 2.12. The van der Waals surface area contributed by atoms with Crippen molar-refractivity contribution >= 4 is 11.9 Å². The third-order valence-corrected chi connectivity index (χ3v) is 3.57. The molecule has 2 unspecified atom stereocenters. The third-order valence-electron chi connectivity index (χ3n) is 3.57. The van der Waals surface area contributed by atoms with Gasteiger partial charge in [-0.15, -0.1) is 0 Å². The second kappa shape index (κ2) is 4.05. The first-order chi connectivity index (χ1) is 7.50. The summed E-state index contributed by atoms with van der Waals surface area (Å²) in [6.07, 6.45) is 2.05. The Labute approximate surface area is 95.0 Å². The average Bonchev–Trinajstić information content (AvgIpc) is 3.01. The molecule has 1 heterocycles. The lowest BCUT2D eigenvalue weighted by Crippen LogP contribution is -2.60. The van der Waals surface area contributed by atoms with Crippen LogP contribution in [0.15, 0.2) is 0 Å². The van der Waals surface area contributed by atoms with E-state index in [1.165, 1.54) is 0 Å². The maximum absolute atomic E-state index is 12.1. The van der Waals surface area contributed by atoms with E-state index in [1.54, 1.807) is 0 Å². The Kier molecular flexibility index (Phi) is 2.88. The molecular weight excluding hydrogens is 208 g/mol. The molecule has 0 bridgehead atoms. The van der Waals surface area contributed by atoms with Crippen LogP contribution in [0.1, 0.15) is 26.2 Å². The lowest BCUT2D eigenvalue weighted by molar-refractivity contribution is -0.151. The predicted octanol–water partition coefficient (Wildman–Crippen LogP) is 0.155. The number of carbonyl (C=O) groups excluding carboxylic acids is 1. The maximum atomic E-state index is 12.1. The van der Waals surface area contributed by atoms with E-state index in [2.05, 4.69) is 0 Å². The van der Waals surface area contributed by atoms with E-state index in [4.69, 9.17) is 5.11 Å². The van der Waals surface area contributed by atoms with Crippen LogP contribution in [-0.4, -0.2) is 58.5 Å². The second-order valence-electron chi connectivity index (χ2n) is 4.85. The van der Waals surface area contributed by atoms with Crippen molar-refractivity contribution in [1.29, 1.82) is 0 Å². The van der Waals surface area contributed by atoms with Gasteiger partial charge in [0.15, 0.2) is 0 Å². The number of hydrogen-bond acceptors (Lipinski definition) is 3. The molecule has 5 heteroatoms. The van der Waals surface area contributed by atoms with Gasteiger partial charge in [0.1, 0.15) is 0 Å². The Morgan fingerprint density at radius 1 is 1.50 bits per heavy atom. The molecule has 1 aliphatic carbocycles. The molecule has 1 aliphatic heterocycles. The van der Waals surface area contributed by atoms with Crippen LogP contribution in [0.5, 0.6) is 0 Å². The van der Waals surface area contributed by atoms with Gasteiger partial charge in [0.05, 0.1) is 12.5 Å². The van der Waals surface area contributed by atoms with E-state index >= 15 is 0 Å². The Morgan fingerprint density at radius 2 is 2.12 bits per heavy atom. The molecule has 2 rings (SSSR count). The van der Waals surface area contributed by atoms with Crippen LogP contribution < -0.4 is 0 Å². The van der Waals surface area contributed by atoms with E-state index in [1.807, 2.05) is 23.8 Å². The molecule has 0 radical (unpaired) electrons. The van der Waals surface area contributed by atoms with Crippen LogP contribution >= 0.6 is 0 Å². The monoisotopic (exact) mass is 226 g/mol. The summed E-state index contributed by atoms with van der Waals surface area (Å²) in [4.78, 5) is 26.6. The Morgan fingerprint density at radius 3 is 2.62 bits per heavy atom. The normalized spacial score (nSPS) is 31.9. The van der Waals surface area contributed by atoms with Gasteiger partial charge in [-0.1, -0.05) is 0 Å². The topological polar surface area (TPSA) is 60.9 Å². The molecule has 1 saturated heterocycles. The molecule has 1 N–H and O–H groups in total. The predicted molar refractivity (Wildman–Crippen MR) is 58.0 cm³/mol. The standard InChI is InChI=1S/C11H18N2O3/c1-7-6-13(8-3-4-8)11(16)9(12(7)2)5-10(14)15/h7-9H,3-6H2,1-2H3,(H,14,15). The zero-order valence-corrected chi connectivity index (χ0v) is 9.72. The van der Waals surface area contributed by atoms with Gasteiger partial charge in [-0.05, 0) is 26.8 Å². The number of amides is 1. The van der Waals surface area contributed by atoms with Gasteiger partial charge in [-0.3, -0.25) is 14.5 Å². The van der Waals surface area contributed by atoms with Gasteiger partial charge in [-0.2, -0.15) is 0 Å². The molecule has 2 fully saturated rings. The fourth-order valence-corrected chi connectivity index (χ4v) is 2.29. The number of rotatable bonds is 3. The molecule has 1 amide bonds. The molecule has 0 aromatic rings. The van der Waals surface area contributed by atoms with Crippen molar-refractivity contribution in [1.82, 2.24) is 9.80 Å². The van der Waals surface area contributed by atoms with Gasteiger partial charge < -0.3 is 10.0 Å². The van der Waals surface area contributed by atoms with Crippen molar-refractivity contribution < 1.29 is 14.7 Å².